The smallest absolute Gasteiger partial charge is 0.0932 e. The van der Waals surface area contributed by atoms with Crippen molar-refractivity contribution >= 4 is 22.5 Å². The Balaban J connectivity index is 1.95. The van der Waals surface area contributed by atoms with E-state index in [0.29, 0.717) is 5.92 Å². The number of aromatic nitrogens is 2. The number of benzene rings is 1. The molecule has 82 valence electrons. The molecule has 1 atom stereocenters. The molecular weight excluding hydrogens is 220 g/mol. The van der Waals surface area contributed by atoms with E-state index < -0.39 is 0 Å². The van der Waals surface area contributed by atoms with Gasteiger partial charge in [-0.1, -0.05) is 18.2 Å². The quantitative estimate of drug-likeness (QED) is 0.760. The summed E-state index contributed by atoms with van der Waals surface area (Å²) in [5.74, 6) is 0.716. The van der Waals surface area contributed by atoms with Gasteiger partial charge in [-0.3, -0.25) is 0 Å². The summed E-state index contributed by atoms with van der Waals surface area (Å²) in [5.41, 5.74) is 2.18. The molecule has 0 bridgehead atoms. The van der Waals surface area contributed by atoms with Gasteiger partial charge in [0.25, 0.3) is 0 Å². The average molecular weight is 233 g/mol. The van der Waals surface area contributed by atoms with Crippen molar-refractivity contribution in [1.82, 2.24) is 10.2 Å². The standard InChI is InChI=1S/C13H13ClN2/c14-12(9-5-6-9)7-10-8-15-16-13-4-2-1-3-11(10)13/h1-4,8-9,12H,5-7H2. The SMILES string of the molecule is ClC(Cc1cnnc2ccccc12)C1CC1. The van der Waals surface area contributed by atoms with Crippen molar-refractivity contribution in [3.05, 3.63) is 36.0 Å². The molecule has 3 rings (SSSR count). The Labute approximate surface area is 99.6 Å². The highest BCUT2D eigenvalue weighted by atomic mass is 35.5. The molecule has 2 aromatic rings. The molecule has 16 heavy (non-hydrogen) atoms. The largest absolute Gasteiger partial charge is 0.158 e. The lowest BCUT2D eigenvalue weighted by molar-refractivity contribution is 0.737. The third-order valence-electron chi connectivity index (χ3n) is 3.18. The van der Waals surface area contributed by atoms with E-state index in [1.165, 1.54) is 23.8 Å². The van der Waals surface area contributed by atoms with Crippen LogP contribution in [-0.4, -0.2) is 15.6 Å². The Bertz CT molecular complexity index is 503. The van der Waals surface area contributed by atoms with Crippen molar-refractivity contribution < 1.29 is 0 Å². The summed E-state index contributed by atoms with van der Waals surface area (Å²) >= 11 is 6.36. The topological polar surface area (TPSA) is 25.8 Å². The predicted molar refractivity (Wildman–Crippen MR) is 65.6 cm³/mol. The van der Waals surface area contributed by atoms with E-state index >= 15 is 0 Å². The number of halogens is 1. The Hall–Kier alpha value is -1.15. The summed E-state index contributed by atoms with van der Waals surface area (Å²) in [5, 5.41) is 9.59. The fraction of sp³-hybridized carbons (Fsp3) is 0.385. The monoisotopic (exact) mass is 232 g/mol. The van der Waals surface area contributed by atoms with Crippen LogP contribution in [0.15, 0.2) is 30.5 Å². The van der Waals surface area contributed by atoms with Gasteiger partial charge in [0.15, 0.2) is 0 Å². The lowest BCUT2D eigenvalue weighted by Gasteiger charge is -2.09. The average Bonchev–Trinajstić information content (AvgIpc) is 3.13. The van der Waals surface area contributed by atoms with Crippen LogP contribution in [-0.2, 0) is 6.42 Å². The molecule has 1 aromatic carbocycles. The first kappa shape index (κ1) is 10.0. The van der Waals surface area contributed by atoms with Crippen LogP contribution in [0.1, 0.15) is 18.4 Å². The van der Waals surface area contributed by atoms with Crippen molar-refractivity contribution in [3.8, 4) is 0 Å². The molecule has 0 amide bonds. The molecule has 1 unspecified atom stereocenters. The maximum Gasteiger partial charge on any atom is 0.0932 e. The molecule has 1 aliphatic rings. The predicted octanol–water partition coefficient (Wildman–Crippen LogP) is 3.19. The van der Waals surface area contributed by atoms with Crippen molar-refractivity contribution in [2.24, 2.45) is 5.92 Å². The van der Waals surface area contributed by atoms with Crippen LogP contribution < -0.4 is 0 Å². The zero-order valence-corrected chi connectivity index (χ0v) is 9.69. The first-order valence-corrected chi connectivity index (χ1v) is 6.11. The first-order valence-electron chi connectivity index (χ1n) is 5.68. The first-order chi connectivity index (χ1) is 7.84. The minimum absolute atomic E-state index is 0.257. The molecule has 1 heterocycles. The van der Waals surface area contributed by atoms with Gasteiger partial charge in [-0.2, -0.15) is 10.2 Å². The van der Waals surface area contributed by atoms with Crippen LogP contribution in [0.25, 0.3) is 10.9 Å². The second kappa shape index (κ2) is 4.02. The van der Waals surface area contributed by atoms with Gasteiger partial charge in [-0.25, -0.2) is 0 Å². The molecule has 3 heteroatoms. The summed E-state index contributed by atoms with van der Waals surface area (Å²) in [6, 6.07) is 8.11. The number of fused-ring (bicyclic) bond motifs is 1. The van der Waals surface area contributed by atoms with Crippen LogP contribution in [0.2, 0.25) is 0 Å². The second-order valence-electron chi connectivity index (χ2n) is 4.44. The molecule has 0 radical (unpaired) electrons. The normalized spacial score (nSPS) is 17.6. The highest BCUT2D eigenvalue weighted by Gasteiger charge is 2.29. The third kappa shape index (κ3) is 1.90. The molecule has 0 aliphatic heterocycles. The Morgan fingerprint density at radius 1 is 1.31 bits per heavy atom. The molecular formula is C13H13ClN2. The second-order valence-corrected chi connectivity index (χ2v) is 5.01. The molecule has 2 nitrogen and oxygen atoms in total. The summed E-state index contributed by atoms with van der Waals surface area (Å²) in [4.78, 5) is 0. The highest BCUT2D eigenvalue weighted by Crippen LogP contribution is 2.37. The van der Waals surface area contributed by atoms with Gasteiger partial charge < -0.3 is 0 Å². The zero-order valence-electron chi connectivity index (χ0n) is 8.94. The number of hydrogen-bond donors (Lipinski definition) is 0. The molecule has 1 aromatic heterocycles. The highest BCUT2D eigenvalue weighted by molar-refractivity contribution is 6.21. The van der Waals surface area contributed by atoms with E-state index in [0.717, 1.165) is 11.9 Å². The minimum atomic E-state index is 0.257. The van der Waals surface area contributed by atoms with Crippen LogP contribution in [0.5, 0.6) is 0 Å². The Kier molecular flexibility index (Phi) is 2.52. The summed E-state index contributed by atoms with van der Waals surface area (Å²) in [6.07, 6.45) is 5.32. The molecule has 0 N–H and O–H groups in total. The van der Waals surface area contributed by atoms with Gasteiger partial charge in [-0.05, 0) is 36.8 Å². The van der Waals surface area contributed by atoms with E-state index in [4.69, 9.17) is 11.6 Å². The lowest BCUT2D eigenvalue weighted by atomic mass is 10.0. The van der Waals surface area contributed by atoms with Gasteiger partial charge in [0, 0.05) is 10.8 Å². The van der Waals surface area contributed by atoms with Crippen molar-refractivity contribution in [3.63, 3.8) is 0 Å². The lowest BCUT2D eigenvalue weighted by Crippen LogP contribution is -2.06. The van der Waals surface area contributed by atoms with Crippen LogP contribution >= 0.6 is 11.6 Å². The third-order valence-corrected chi connectivity index (χ3v) is 3.69. The number of rotatable bonds is 3. The Morgan fingerprint density at radius 2 is 2.12 bits per heavy atom. The van der Waals surface area contributed by atoms with Crippen molar-refractivity contribution in [2.75, 3.05) is 0 Å². The summed E-state index contributed by atoms with van der Waals surface area (Å²) < 4.78 is 0. The van der Waals surface area contributed by atoms with Gasteiger partial charge in [0.05, 0.1) is 11.7 Å². The maximum absolute atomic E-state index is 6.36. The number of nitrogens with zero attached hydrogens (tertiary/aromatic N) is 2. The summed E-state index contributed by atoms with van der Waals surface area (Å²) in [7, 11) is 0. The van der Waals surface area contributed by atoms with Crippen molar-refractivity contribution in [1.29, 1.82) is 0 Å². The Morgan fingerprint density at radius 3 is 2.94 bits per heavy atom. The number of hydrogen-bond acceptors (Lipinski definition) is 2. The van der Waals surface area contributed by atoms with Crippen LogP contribution in [0.3, 0.4) is 0 Å². The number of alkyl halides is 1. The van der Waals surface area contributed by atoms with Crippen LogP contribution in [0.4, 0.5) is 0 Å². The van der Waals surface area contributed by atoms with Gasteiger partial charge >= 0.3 is 0 Å². The molecule has 0 spiro atoms. The van der Waals surface area contributed by atoms with E-state index in [1.54, 1.807) is 0 Å². The van der Waals surface area contributed by atoms with E-state index in [2.05, 4.69) is 16.3 Å². The molecule has 0 saturated heterocycles. The molecule has 1 saturated carbocycles. The molecule has 1 aliphatic carbocycles. The van der Waals surface area contributed by atoms with Gasteiger partial charge in [0.1, 0.15) is 0 Å². The van der Waals surface area contributed by atoms with Gasteiger partial charge in [0.2, 0.25) is 0 Å². The molecule has 1 fully saturated rings. The van der Waals surface area contributed by atoms with Crippen molar-refractivity contribution in [2.45, 2.75) is 24.6 Å². The fourth-order valence-corrected chi connectivity index (χ4v) is 2.48. The van der Waals surface area contributed by atoms with E-state index in [1.807, 2.05) is 24.4 Å². The summed E-state index contributed by atoms with van der Waals surface area (Å²) in [6.45, 7) is 0. The van der Waals surface area contributed by atoms with Crippen LogP contribution in [0, 0.1) is 5.92 Å². The van der Waals surface area contributed by atoms with Gasteiger partial charge in [-0.15, -0.1) is 11.6 Å². The fourth-order valence-electron chi connectivity index (χ4n) is 2.06. The maximum atomic E-state index is 6.36. The zero-order chi connectivity index (χ0) is 11.0. The van der Waals surface area contributed by atoms with E-state index in [-0.39, 0.29) is 5.38 Å². The van der Waals surface area contributed by atoms with E-state index in [9.17, 15) is 0 Å². The minimum Gasteiger partial charge on any atom is -0.158 e.